The zero-order valence-corrected chi connectivity index (χ0v) is 15.5. The third-order valence-corrected chi connectivity index (χ3v) is 6.34. The highest BCUT2D eigenvalue weighted by atomic mass is 15.0. The molecule has 1 saturated carbocycles. The van der Waals surface area contributed by atoms with E-state index in [9.17, 15) is 0 Å². The quantitative estimate of drug-likeness (QED) is 0.798. The van der Waals surface area contributed by atoms with E-state index in [-0.39, 0.29) is 0 Å². The molecule has 0 aliphatic heterocycles. The van der Waals surface area contributed by atoms with Crippen molar-refractivity contribution in [2.75, 3.05) is 11.1 Å². The summed E-state index contributed by atoms with van der Waals surface area (Å²) in [6.07, 6.45) is 9.64. The fourth-order valence-corrected chi connectivity index (χ4v) is 5.19. The number of nitrogens with one attached hydrogen (secondary N) is 1. The maximum Gasteiger partial charge on any atom is 0.138 e. The number of nitrogens with zero attached hydrogens (tertiary/aromatic N) is 2. The van der Waals surface area contributed by atoms with Gasteiger partial charge in [0.15, 0.2) is 0 Å². The van der Waals surface area contributed by atoms with Crippen molar-refractivity contribution in [1.29, 1.82) is 0 Å². The predicted molar refractivity (Wildman–Crippen MR) is 103 cm³/mol. The number of nitrogens with two attached hydrogens (primary N) is 1. The van der Waals surface area contributed by atoms with Crippen LogP contribution >= 0.6 is 0 Å². The highest BCUT2D eigenvalue weighted by Crippen LogP contribution is 2.55. The van der Waals surface area contributed by atoms with Gasteiger partial charge in [0.2, 0.25) is 0 Å². The zero-order chi connectivity index (χ0) is 17.6. The lowest BCUT2D eigenvalue weighted by Gasteiger charge is -2.35. The number of rotatable bonds is 2. The smallest absolute Gasteiger partial charge is 0.138 e. The first-order valence-electron chi connectivity index (χ1n) is 9.49. The fourth-order valence-electron chi connectivity index (χ4n) is 5.19. The molecule has 4 rings (SSSR count). The van der Waals surface area contributed by atoms with Gasteiger partial charge in [0, 0.05) is 11.3 Å². The highest BCUT2D eigenvalue weighted by molar-refractivity contribution is 5.66. The van der Waals surface area contributed by atoms with Crippen molar-refractivity contribution in [3.63, 3.8) is 0 Å². The first kappa shape index (κ1) is 16.4. The molecule has 0 bridgehead atoms. The lowest BCUT2D eigenvalue weighted by Crippen LogP contribution is -2.26. The van der Waals surface area contributed by atoms with Gasteiger partial charge in [-0.25, -0.2) is 9.97 Å². The Balaban J connectivity index is 1.76. The maximum absolute atomic E-state index is 5.93. The summed E-state index contributed by atoms with van der Waals surface area (Å²) in [7, 11) is 0. The Kier molecular flexibility index (Phi) is 3.94. The van der Waals surface area contributed by atoms with Crippen molar-refractivity contribution in [2.24, 2.45) is 0 Å². The number of hydrogen-bond acceptors (Lipinski definition) is 4. The molecule has 4 heteroatoms. The Morgan fingerprint density at radius 2 is 1.88 bits per heavy atom. The largest absolute Gasteiger partial charge is 0.383 e. The SMILES string of the molecule is Cc1cc(Nc2ncnc(N)c2C)cc2c1C(C)CC21CCCCC1. The molecule has 132 valence electrons. The minimum Gasteiger partial charge on any atom is -0.383 e. The topological polar surface area (TPSA) is 63.8 Å². The summed E-state index contributed by atoms with van der Waals surface area (Å²) in [5, 5.41) is 3.49. The summed E-state index contributed by atoms with van der Waals surface area (Å²) in [6.45, 7) is 6.61. The van der Waals surface area contributed by atoms with Crippen LogP contribution in [0.4, 0.5) is 17.3 Å². The Labute approximate surface area is 150 Å². The Bertz CT molecular complexity index is 806. The molecular formula is C21H28N4. The van der Waals surface area contributed by atoms with E-state index in [1.807, 2.05) is 6.92 Å². The van der Waals surface area contributed by atoms with Crippen molar-refractivity contribution in [3.8, 4) is 0 Å². The highest BCUT2D eigenvalue weighted by Gasteiger charge is 2.43. The van der Waals surface area contributed by atoms with E-state index < -0.39 is 0 Å². The summed E-state index contributed by atoms with van der Waals surface area (Å²) in [6, 6.07) is 4.64. The minimum absolute atomic E-state index is 0.398. The summed E-state index contributed by atoms with van der Waals surface area (Å²) in [5.74, 6) is 2.00. The first-order chi connectivity index (χ1) is 12.0. The van der Waals surface area contributed by atoms with Crippen LogP contribution in [0.2, 0.25) is 0 Å². The minimum atomic E-state index is 0.398. The predicted octanol–water partition coefficient (Wildman–Crippen LogP) is 5.13. The van der Waals surface area contributed by atoms with Crippen molar-refractivity contribution in [1.82, 2.24) is 9.97 Å². The van der Waals surface area contributed by atoms with E-state index in [0.717, 1.165) is 17.1 Å². The molecule has 1 spiro atoms. The van der Waals surface area contributed by atoms with Crippen LogP contribution in [-0.2, 0) is 5.41 Å². The molecule has 1 aromatic carbocycles. The molecule has 0 radical (unpaired) electrons. The Morgan fingerprint density at radius 3 is 2.64 bits per heavy atom. The van der Waals surface area contributed by atoms with E-state index in [1.54, 1.807) is 11.1 Å². The van der Waals surface area contributed by atoms with Crippen LogP contribution in [0.15, 0.2) is 18.5 Å². The van der Waals surface area contributed by atoms with Gasteiger partial charge in [-0.05, 0) is 73.3 Å². The van der Waals surface area contributed by atoms with Gasteiger partial charge < -0.3 is 11.1 Å². The van der Waals surface area contributed by atoms with Gasteiger partial charge in [-0.1, -0.05) is 26.2 Å². The average Bonchev–Trinajstić information content (AvgIpc) is 2.85. The second-order valence-electron chi connectivity index (χ2n) is 8.06. The monoisotopic (exact) mass is 336 g/mol. The number of anilines is 3. The van der Waals surface area contributed by atoms with Gasteiger partial charge in [0.1, 0.15) is 18.0 Å². The van der Waals surface area contributed by atoms with E-state index in [0.29, 0.717) is 17.2 Å². The van der Waals surface area contributed by atoms with Gasteiger partial charge in [-0.2, -0.15) is 0 Å². The second kappa shape index (κ2) is 6.01. The molecule has 3 N–H and O–H groups in total. The number of benzene rings is 1. The molecule has 1 unspecified atom stereocenters. The Morgan fingerprint density at radius 1 is 1.12 bits per heavy atom. The number of fused-ring (bicyclic) bond motifs is 2. The number of nitrogen functional groups attached to an aromatic ring is 1. The van der Waals surface area contributed by atoms with Crippen LogP contribution in [0.1, 0.15) is 73.6 Å². The van der Waals surface area contributed by atoms with Crippen molar-refractivity contribution >= 4 is 17.3 Å². The van der Waals surface area contributed by atoms with E-state index in [1.165, 1.54) is 50.4 Å². The fraction of sp³-hybridized carbons (Fsp3) is 0.524. The van der Waals surface area contributed by atoms with Crippen molar-refractivity contribution in [2.45, 2.75) is 70.6 Å². The standard InChI is InChI=1S/C21H28N4/c1-13-9-16(25-20-15(3)19(22)23-12-24-20)10-17-18(13)14(2)11-21(17)7-5-4-6-8-21/h9-10,12,14H,4-8,11H2,1-3H3,(H3,22,23,24,25). The lowest BCUT2D eigenvalue weighted by molar-refractivity contribution is 0.283. The molecule has 2 aromatic rings. The number of aromatic nitrogens is 2. The summed E-state index contributed by atoms with van der Waals surface area (Å²) < 4.78 is 0. The molecule has 1 fully saturated rings. The first-order valence-corrected chi connectivity index (χ1v) is 9.49. The van der Waals surface area contributed by atoms with Crippen LogP contribution in [0.3, 0.4) is 0 Å². The van der Waals surface area contributed by atoms with E-state index in [2.05, 4.69) is 41.3 Å². The van der Waals surface area contributed by atoms with Crippen LogP contribution in [-0.4, -0.2) is 9.97 Å². The molecule has 25 heavy (non-hydrogen) atoms. The molecule has 2 aliphatic rings. The zero-order valence-electron chi connectivity index (χ0n) is 15.5. The van der Waals surface area contributed by atoms with Crippen LogP contribution in [0.25, 0.3) is 0 Å². The third kappa shape index (κ3) is 2.68. The van der Waals surface area contributed by atoms with Gasteiger partial charge in [0.25, 0.3) is 0 Å². The molecular weight excluding hydrogens is 308 g/mol. The lowest BCUT2D eigenvalue weighted by atomic mass is 9.70. The van der Waals surface area contributed by atoms with E-state index >= 15 is 0 Å². The molecule has 1 atom stereocenters. The molecule has 1 heterocycles. The van der Waals surface area contributed by atoms with E-state index in [4.69, 9.17) is 5.73 Å². The normalized spacial score (nSPS) is 21.3. The van der Waals surface area contributed by atoms with Gasteiger partial charge in [-0.15, -0.1) is 0 Å². The summed E-state index contributed by atoms with van der Waals surface area (Å²) in [5.41, 5.74) is 12.9. The van der Waals surface area contributed by atoms with Gasteiger partial charge in [0.05, 0.1) is 0 Å². The number of aryl methyl sites for hydroxylation is 1. The van der Waals surface area contributed by atoms with Gasteiger partial charge in [-0.3, -0.25) is 0 Å². The Hall–Kier alpha value is -2.10. The molecule has 0 amide bonds. The van der Waals surface area contributed by atoms with Crippen LogP contribution in [0.5, 0.6) is 0 Å². The van der Waals surface area contributed by atoms with Crippen molar-refractivity contribution in [3.05, 3.63) is 40.7 Å². The molecule has 4 nitrogen and oxygen atoms in total. The number of hydrogen-bond donors (Lipinski definition) is 2. The molecule has 2 aliphatic carbocycles. The van der Waals surface area contributed by atoms with Crippen molar-refractivity contribution < 1.29 is 0 Å². The van der Waals surface area contributed by atoms with Crippen LogP contribution in [0, 0.1) is 13.8 Å². The molecule has 1 aromatic heterocycles. The summed E-state index contributed by atoms with van der Waals surface area (Å²) >= 11 is 0. The average molecular weight is 336 g/mol. The molecule has 0 saturated heterocycles. The van der Waals surface area contributed by atoms with Crippen LogP contribution < -0.4 is 11.1 Å². The second-order valence-corrected chi connectivity index (χ2v) is 8.06. The van der Waals surface area contributed by atoms with Gasteiger partial charge >= 0.3 is 0 Å². The maximum atomic E-state index is 5.93. The summed E-state index contributed by atoms with van der Waals surface area (Å²) in [4.78, 5) is 8.44. The third-order valence-electron chi connectivity index (χ3n) is 6.34.